The molecule has 0 radical (unpaired) electrons. The molecule has 0 aliphatic heterocycles. The van der Waals surface area contributed by atoms with E-state index in [-0.39, 0.29) is 0 Å². The lowest BCUT2D eigenvalue weighted by Gasteiger charge is -2.19. The van der Waals surface area contributed by atoms with Crippen LogP contribution in [0.5, 0.6) is 0 Å². The number of anilines is 1. The number of hydrogen-bond acceptors (Lipinski definition) is 4. The van der Waals surface area contributed by atoms with E-state index in [0.29, 0.717) is 10.7 Å². The molecule has 5 heteroatoms. The smallest absolute Gasteiger partial charge is 0.129 e. The third-order valence-corrected chi connectivity index (χ3v) is 2.69. The van der Waals surface area contributed by atoms with Gasteiger partial charge < -0.3 is 15.5 Å². The van der Waals surface area contributed by atoms with Crippen molar-refractivity contribution in [3.05, 3.63) is 23.9 Å². The topological polar surface area (TPSA) is 45.4 Å². The molecule has 1 heterocycles. The Morgan fingerprint density at radius 1 is 1.29 bits per heavy atom. The Hall–Kier alpha value is -1.20. The van der Waals surface area contributed by atoms with Gasteiger partial charge in [0.15, 0.2) is 0 Å². The summed E-state index contributed by atoms with van der Waals surface area (Å²) in [6, 6.07) is 5.73. The average molecular weight is 252 g/mol. The van der Waals surface area contributed by atoms with Crippen molar-refractivity contribution in [2.75, 3.05) is 39.1 Å². The SMILES string of the molecule is CN(C)CCCN(C)c1cccc(C(N)=S)n1. The molecule has 0 saturated carbocycles. The van der Waals surface area contributed by atoms with Crippen LogP contribution in [-0.2, 0) is 0 Å². The molecule has 1 rings (SSSR count). The van der Waals surface area contributed by atoms with Crippen LogP contribution in [0.2, 0.25) is 0 Å². The van der Waals surface area contributed by atoms with E-state index in [0.717, 1.165) is 25.3 Å². The molecule has 0 aliphatic carbocycles. The molecule has 0 unspecified atom stereocenters. The summed E-state index contributed by atoms with van der Waals surface area (Å²) in [5.74, 6) is 0.911. The van der Waals surface area contributed by atoms with Crippen LogP contribution in [0.25, 0.3) is 0 Å². The van der Waals surface area contributed by atoms with Gasteiger partial charge in [-0.3, -0.25) is 0 Å². The van der Waals surface area contributed by atoms with Crippen LogP contribution in [0.3, 0.4) is 0 Å². The summed E-state index contributed by atoms with van der Waals surface area (Å²) in [6.07, 6.45) is 1.10. The Morgan fingerprint density at radius 3 is 2.59 bits per heavy atom. The number of hydrogen-bond donors (Lipinski definition) is 1. The number of thiocarbonyl (C=S) groups is 1. The largest absolute Gasteiger partial charge is 0.388 e. The molecule has 0 spiro atoms. The first kappa shape index (κ1) is 13.9. The van der Waals surface area contributed by atoms with Crippen molar-refractivity contribution in [2.45, 2.75) is 6.42 Å². The quantitative estimate of drug-likeness (QED) is 0.768. The van der Waals surface area contributed by atoms with E-state index in [2.05, 4.69) is 28.9 Å². The summed E-state index contributed by atoms with van der Waals surface area (Å²) in [7, 11) is 6.18. The highest BCUT2D eigenvalue weighted by molar-refractivity contribution is 7.80. The van der Waals surface area contributed by atoms with E-state index in [1.54, 1.807) is 0 Å². The second kappa shape index (κ2) is 6.51. The highest BCUT2D eigenvalue weighted by Gasteiger charge is 2.04. The number of nitrogens with two attached hydrogens (primary N) is 1. The zero-order valence-electron chi connectivity index (χ0n) is 10.7. The van der Waals surface area contributed by atoms with Crippen LogP contribution in [0, 0.1) is 0 Å². The molecule has 1 aromatic rings. The lowest BCUT2D eigenvalue weighted by Crippen LogP contribution is -2.24. The van der Waals surface area contributed by atoms with E-state index in [9.17, 15) is 0 Å². The zero-order chi connectivity index (χ0) is 12.8. The van der Waals surface area contributed by atoms with Crippen LogP contribution < -0.4 is 10.6 Å². The van der Waals surface area contributed by atoms with Crippen molar-refractivity contribution in [1.29, 1.82) is 0 Å². The van der Waals surface area contributed by atoms with Gasteiger partial charge in [-0.05, 0) is 39.2 Å². The lowest BCUT2D eigenvalue weighted by atomic mass is 10.3. The number of pyridine rings is 1. The van der Waals surface area contributed by atoms with Gasteiger partial charge in [-0.1, -0.05) is 18.3 Å². The van der Waals surface area contributed by atoms with Crippen molar-refractivity contribution < 1.29 is 0 Å². The standard InChI is InChI=1S/C12H20N4S/c1-15(2)8-5-9-16(3)11-7-4-6-10(14-11)12(13)17/h4,6-7H,5,8-9H2,1-3H3,(H2,13,17). The number of aromatic nitrogens is 1. The first-order valence-corrected chi connectivity index (χ1v) is 6.04. The van der Waals surface area contributed by atoms with Gasteiger partial charge in [0.05, 0.1) is 5.69 Å². The molecule has 0 bridgehead atoms. The molecular weight excluding hydrogens is 232 g/mol. The third kappa shape index (κ3) is 4.66. The Balaban J connectivity index is 2.59. The Bertz CT molecular complexity index is 379. The van der Waals surface area contributed by atoms with E-state index in [4.69, 9.17) is 18.0 Å². The minimum absolute atomic E-state index is 0.341. The molecule has 0 aliphatic rings. The van der Waals surface area contributed by atoms with Crippen LogP contribution in [-0.4, -0.2) is 49.1 Å². The maximum absolute atomic E-state index is 5.57. The zero-order valence-corrected chi connectivity index (χ0v) is 11.5. The molecule has 1 aromatic heterocycles. The summed E-state index contributed by atoms with van der Waals surface area (Å²) in [5, 5.41) is 0. The van der Waals surface area contributed by atoms with Gasteiger partial charge in [0.25, 0.3) is 0 Å². The Morgan fingerprint density at radius 2 is 2.00 bits per heavy atom. The molecule has 0 amide bonds. The fourth-order valence-corrected chi connectivity index (χ4v) is 1.63. The molecule has 0 fully saturated rings. The maximum Gasteiger partial charge on any atom is 0.129 e. The second-order valence-corrected chi connectivity index (χ2v) is 4.76. The van der Waals surface area contributed by atoms with Crippen LogP contribution in [0.1, 0.15) is 12.1 Å². The van der Waals surface area contributed by atoms with Crippen LogP contribution >= 0.6 is 12.2 Å². The van der Waals surface area contributed by atoms with Gasteiger partial charge in [0.1, 0.15) is 10.8 Å². The molecule has 4 nitrogen and oxygen atoms in total. The van der Waals surface area contributed by atoms with Crippen molar-refractivity contribution >= 4 is 23.0 Å². The normalized spacial score (nSPS) is 10.6. The third-order valence-electron chi connectivity index (χ3n) is 2.48. The number of rotatable bonds is 6. The van der Waals surface area contributed by atoms with Crippen molar-refractivity contribution in [3.8, 4) is 0 Å². The average Bonchev–Trinajstić information content (AvgIpc) is 2.28. The van der Waals surface area contributed by atoms with Gasteiger partial charge in [-0.2, -0.15) is 0 Å². The highest BCUT2D eigenvalue weighted by Crippen LogP contribution is 2.10. The van der Waals surface area contributed by atoms with E-state index >= 15 is 0 Å². The molecule has 17 heavy (non-hydrogen) atoms. The summed E-state index contributed by atoms with van der Waals surface area (Å²) >= 11 is 4.92. The molecule has 2 N–H and O–H groups in total. The summed E-state index contributed by atoms with van der Waals surface area (Å²) in [6.45, 7) is 2.03. The second-order valence-electron chi connectivity index (χ2n) is 4.32. The van der Waals surface area contributed by atoms with Crippen molar-refractivity contribution in [3.63, 3.8) is 0 Å². The first-order valence-electron chi connectivity index (χ1n) is 5.63. The minimum Gasteiger partial charge on any atom is -0.388 e. The Labute approximate surface area is 108 Å². The molecule has 94 valence electrons. The summed E-state index contributed by atoms with van der Waals surface area (Å²) in [4.78, 5) is 9.05. The van der Waals surface area contributed by atoms with E-state index in [1.807, 2.05) is 25.2 Å². The Kier molecular flexibility index (Phi) is 5.31. The van der Waals surface area contributed by atoms with Gasteiger partial charge in [-0.25, -0.2) is 4.98 Å². The molecule has 0 atom stereocenters. The minimum atomic E-state index is 0.341. The van der Waals surface area contributed by atoms with Crippen LogP contribution in [0.15, 0.2) is 18.2 Å². The van der Waals surface area contributed by atoms with E-state index < -0.39 is 0 Å². The number of nitrogens with zero attached hydrogens (tertiary/aromatic N) is 3. The van der Waals surface area contributed by atoms with Crippen LogP contribution in [0.4, 0.5) is 5.82 Å². The predicted octanol–water partition coefficient (Wildman–Crippen LogP) is 1.10. The van der Waals surface area contributed by atoms with Crippen molar-refractivity contribution in [1.82, 2.24) is 9.88 Å². The first-order chi connectivity index (χ1) is 8.00. The predicted molar refractivity (Wildman–Crippen MR) is 76.6 cm³/mol. The fourth-order valence-electron chi connectivity index (χ4n) is 1.51. The molecule has 0 aromatic carbocycles. The fraction of sp³-hybridized carbons (Fsp3) is 0.500. The summed E-state index contributed by atoms with van der Waals surface area (Å²) in [5.41, 5.74) is 6.24. The van der Waals surface area contributed by atoms with Gasteiger partial charge in [0.2, 0.25) is 0 Å². The summed E-state index contributed by atoms with van der Waals surface area (Å²) < 4.78 is 0. The van der Waals surface area contributed by atoms with Gasteiger partial charge in [0, 0.05) is 13.6 Å². The van der Waals surface area contributed by atoms with Crippen molar-refractivity contribution in [2.24, 2.45) is 5.73 Å². The molecule has 0 saturated heterocycles. The monoisotopic (exact) mass is 252 g/mol. The molecular formula is C12H20N4S. The van der Waals surface area contributed by atoms with E-state index in [1.165, 1.54) is 0 Å². The highest BCUT2D eigenvalue weighted by atomic mass is 32.1. The lowest BCUT2D eigenvalue weighted by molar-refractivity contribution is 0.401. The van der Waals surface area contributed by atoms with Gasteiger partial charge >= 0.3 is 0 Å². The van der Waals surface area contributed by atoms with Gasteiger partial charge in [-0.15, -0.1) is 0 Å². The maximum atomic E-state index is 5.57.